The lowest BCUT2D eigenvalue weighted by Gasteiger charge is -2.40. The summed E-state index contributed by atoms with van der Waals surface area (Å²) in [6.45, 7) is 12.5. The van der Waals surface area contributed by atoms with Crippen molar-refractivity contribution in [1.82, 2.24) is 20.0 Å². The lowest BCUT2D eigenvalue weighted by Crippen LogP contribution is -2.55. The smallest absolute Gasteiger partial charge is 0.220 e. The monoisotopic (exact) mass is 322 g/mol. The standard InChI is InChI=1S/C17H30N4O2/c1-13-15(14(2)20(5)19-13)6-7-16(22)18-12-17(3,4)21-8-10-23-11-9-21/h6-12H2,1-5H3,(H,18,22). The van der Waals surface area contributed by atoms with Crippen LogP contribution in [-0.4, -0.2) is 59.0 Å². The molecule has 0 atom stereocenters. The van der Waals surface area contributed by atoms with Crippen molar-refractivity contribution in [1.29, 1.82) is 0 Å². The molecule has 1 aromatic heterocycles. The summed E-state index contributed by atoms with van der Waals surface area (Å²) in [7, 11) is 1.94. The third kappa shape index (κ3) is 4.54. The van der Waals surface area contributed by atoms with Gasteiger partial charge in [-0.05, 0) is 39.7 Å². The number of hydrogen-bond donors (Lipinski definition) is 1. The minimum atomic E-state index is -0.0421. The first-order chi connectivity index (χ1) is 10.8. The summed E-state index contributed by atoms with van der Waals surface area (Å²) in [6, 6.07) is 0. The first-order valence-electron chi connectivity index (χ1n) is 8.40. The molecule has 1 aliphatic rings. The Hall–Kier alpha value is -1.40. The summed E-state index contributed by atoms with van der Waals surface area (Å²) in [5.74, 6) is 0.106. The topological polar surface area (TPSA) is 59.4 Å². The van der Waals surface area contributed by atoms with Gasteiger partial charge in [-0.2, -0.15) is 5.10 Å². The van der Waals surface area contributed by atoms with E-state index in [-0.39, 0.29) is 11.4 Å². The first kappa shape index (κ1) is 17.9. The Morgan fingerprint density at radius 3 is 2.52 bits per heavy atom. The first-order valence-corrected chi connectivity index (χ1v) is 8.40. The number of aromatic nitrogens is 2. The lowest BCUT2D eigenvalue weighted by molar-refractivity contribution is -0.121. The van der Waals surface area contributed by atoms with Crippen LogP contribution in [0, 0.1) is 13.8 Å². The zero-order valence-electron chi connectivity index (χ0n) is 15.1. The van der Waals surface area contributed by atoms with Crippen LogP contribution < -0.4 is 5.32 Å². The molecule has 1 fully saturated rings. The molecule has 130 valence electrons. The van der Waals surface area contributed by atoms with Crippen LogP contribution in [-0.2, 0) is 23.0 Å². The summed E-state index contributed by atoms with van der Waals surface area (Å²) in [6.07, 6.45) is 1.25. The van der Waals surface area contributed by atoms with E-state index in [9.17, 15) is 4.79 Å². The molecule has 1 aromatic rings. The van der Waals surface area contributed by atoms with Crippen LogP contribution in [0.15, 0.2) is 0 Å². The summed E-state index contributed by atoms with van der Waals surface area (Å²) in [5.41, 5.74) is 3.31. The number of amides is 1. The average Bonchev–Trinajstić information content (AvgIpc) is 2.77. The molecule has 1 saturated heterocycles. The Kier molecular flexibility index (Phi) is 5.81. The van der Waals surface area contributed by atoms with E-state index in [1.807, 2.05) is 18.7 Å². The third-order valence-electron chi connectivity index (χ3n) is 4.85. The normalized spacial score (nSPS) is 16.6. The van der Waals surface area contributed by atoms with Crippen LogP contribution in [0.5, 0.6) is 0 Å². The molecule has 1 aliphatic heterocycles. The molecule has 1 N–H and O–H groups in total. The second-order valence-corrected chi connectivity index (χ2v) is 6.96. The van der Waals surface area contributed by atoms with Gasteiger partial charge in [-0.15, -0.1) is 0 Å². The zero-order valence-corrected chi connectivity index (χ0v) is 15.1. The number of aryl methyl sites for hydroxylation is 2. The van der Waals surface area contributed by atoms with E-state index in [0.29, 0.717) is 13.0 Å². The fourth-order valence-electron chi connectivity index (χ4n) is 3.10. The number of nitrogens with one attached hydrogen (secondary N) is 1. The van der Waals surface area contributed by atoms with Crippen molar-refractivity contribution in [3.63, 3.8) is 0 Å². The Morgan fingerprint density at radius 2 is 1.96 bits per heavy atom. The molecule has 6 heteroatoms. The number of nitrogens with zero attached hydrogens (tertiary/aromatic N) is 3. The van der Waals surface area contributed by atoms with E-state index in [0.717, 1.165) is 44.1 Å². The molecule has 23 heavy (non-hydrogen) atoms. The van der Waals surface area contributed by atoms with Crippen molar-refractivity contribution in [2.75, 3.05) is 32.8 Å². The predicted octanol–water partition coefficient (Wildman–Crippen LogP) is 1.20. The molecule has 1 amide bonds. The average molecular weight is 322 g/mol. The minimum absolute atomic E-state index is 0.0421. The highest BCUT2D eigenvalue weighted by Crippen LogP contribution is 2.16. The van der Waals surface area contributed by atoms with Crippen molar-refractivity contribution >= 4 is 5.91 Å². The van der Waals surface area contributed by atoms with E-state index < -0.39 is 0 Å². The molecular weight excluding hydrogens is 292 g/mol. The van der Waals surface area contributed by atoms with E-state index in [1.54, 1.807) is 0 Å². The Labute approximate surface area is 139 Å². The number of rotatable bonds is 6. The highest BCUT2D eigenvalue weighted by molar-refractivity contribution is 5.76. The van der Waals surface area contributed by atoms with Gasteiger partial charge in [-0.25, -0.2) is 0 Å². The van der Waals surface area contributed by atoms with Crippen LogP contribution >= 0.6 is 0 Å². The fraction of sp³-hybridized carbons (Fsp3) is 0.765. The maximum atomic E-state index is 12.2. The van der Waals surface area contributed by atoms with Crippen LogP contribution in [0.1, 0.15) is 37.2 Å². The molecule has 0 aliphatic carbocycles. The van der Waals surface area contributed by atoms with Gasteiger partial charge >= 0.3 is 0 Å². The molecule has 0 saturated carbocycles. The van der Waals surface area contributed by atoms with Crippen molar-refractivity contribution in [2.45, 2.75) is 46.1 Å². The quantitative estimate of drug-likeness (QED) is 0.855. The summed E-state index contributed by atoms with van der Waals surface area (Å²) >= 11 is 0. The van der Waals surface area contributed by atoms with Crippen LogP contribution in [0.25, 0.3) is 0 Å². The lowest BCUT2D eigenvalue weighted by atomic mass is 10.0. The number of carbonyl (C=O) groups excluding carboxylic acids is 1. The van der Waals surface area contributed by atoms with Crippen molar-refractivity contribution in [3.8, 4) is 0 Å². The maximum Gasteiger partial charge on any atom is 0.220 e. The highest BCUT2D eigenvalue weighted by atomic mass is 16.5. The largest absolute Gasteiger partial charge is 0.379 e. The van der Waals surface area contributed by atoms with E-state index in [4.69, 9.17) is 4.74 Å². The number of carbonyl (C=O) groups is 1. The zero-order chi connectivity index (χ0) is 17.0. The highest BCUT2D eigenvalue weighted by Gasteiger charge is 2.28. The Bertz CT molecular complexity index is 545. The molecule has 2 rings (SSSR count). The molecule has 0 spiro atoms. The van der Waals surface area contributed by atoms with Crippen molar-refractivity contribution in [2.24, 2.45) is 7.05 Å². The maximum absolute atomic E-state index is 12.2. The number of hydrogen-bond acceptors (Lipinski definition) is 4. The molecule has 0 unspecified atom stereocenters. The molecular formula is C17H30N4O2. The van der Waals surface area contributed by atoms with Crippen molar-refractivity contribution in [3.05, 3.63) is 17.0 Å². The summed E-state index contributed by atoms with van der Waals surface area (Å²) < 4.78 is 7.27. The van der Waals surface area contributed by atoms with E-state index in [2.05, 4.69) is 36.1 Å². The molecule has 0 bridgehead atoms. The molecule has 2 heterocycles. The van der Waals surface area contributed by atoms with Gasteiger partial charge in [-0.1, -0.05) is 0 Å². The van der Waals surface area contributed by atoms with Gasteiger partial charge in [0.1, 0.15) is 0 Å². The van der Waals surface area contributed by atoms with Gasteiger partial charge in [0.05, 0.1) is 18.9 Å². The van der Waals surface area contributed by atoms with E-state index in [1.165, 1.54) is 5.56 Å². The number of ether oxygens (including phenoxy) is 1. The van der Waals surface area contributed by atoms with Gasteiger partial charge in [0.25, 0.3) is 0 Å². The summed E-state index contributed by atoms with van der Waals surface area (Å²) in [4.78, 5) is 14.6. The molecule has 6 nitrogen and oxygen atoms in total. The second kappa shape index (κ2) is 7.45. The Morgan fingerprint density at radius 1 is 1.30 bits per heavy atom. The fourth-order valence-corrected chi connectivity index (χ4v) is 3.10. The van der Waals surface area contributed by atoms with Crippen LogP contribution in [0.4, 0.5) is 0 Å². The van der Waals surface area contributed by atoms with Gasteiger partial charge in [-0.3, -0.25) is 14.4 Å². The van der Waals surface area contributed by atoms with Crippen molar-refractivity contribution < 1.29 is 9.53 Å². The van der Waals surface area contributed by atoms with Crippen LogP contribution in [0.2, 0.25) is 0 Å². The van der Waals surface area contributed by atoms with Gasteiger partial charge < -0.3 is 10.1 Å². The minimum Gasteiger partial charge on any atom is -0.379 e. The SMILES string of the molecule is Cc1nn(C)c(C)c1CCC(=O)NCC(C)(C)N1CCOCC1. The van der Waals surface area contributed by atoms with Crippen LogP contribution in [0.3, 0.4) is 0 Å². The Balaban J connectivity index is 1.80. The molecule has 0 aromatic carbocycles. The third-order valence-corrected chi connectivity index (χ3v) is 4.85. The predicted molar refractivity (Wildman–Crippen MR) is 90.5 cm³/mol. The number of morpholine rings is 1. The second-order valence-electron chi connectivity index (χ2n) is 6.96. The van der Waals surface area contributed by atoms with Gasteiger partial charge in [0, 0.05) is 44.3 Å². The summed E-state index contributed by atoms with van der Waals surface area (Å²) in [5, 5.41) is 7.49. The van der Waals surface area contributed by atoms with E-state index >= 15 is 0 Å². The molecule has 0 radical (unpaired) electrons. The van der Waals surface area contributed by atoms with Gasteiger partial charge in [0.15, 0.2) is 0 Å². The van der Waals surface area contributed by atoms with Gasteiger partial charge in [0.2, 0.25) is 5.91 Å².